The Hall–Kier alpha value is -2.22. The zero-order valence-corrected chi connectivity index (χ0v) is 13.6. The number of rotatable bonds is 10. The summed E-state index contributed by atoms with van der Waals surface area (Å²) in [4.78, 5) is 22.8. The van der Waals surface area contributed by atoms with Gasteiger partial charge in [-0.3, -0.25) is 14.2 Å². The van der Waals surface area contributed by atoms with Crippen molar-refractivity contribution in [2.75, 3.05) is 13.6 Å². The summed E-state index contributed by atoms with van der Waals surface area (Å²) in [5.41, 5.74) is 5.78. The molecule has 23 heavy (non-hydrogen) atoms. The molecule has 0 saturated heterocycles. The molecule has 2 amide bonds. The van der Waals surface area contributed by atoms with Gasteiger partial charge in [0, 0.05) is 31.1 Å². The summed E-state index contributed by atoms with van der Waals surface area (Å²) >= 11 is 0. The molecule has 0 bridgehead atoms. The number of aromatic nitrogens is 1. The summed E-state index contributed by atoms with van der Waals surface area (Å²) in [6.07, 6.45) is 2.31. The molecule has 1 unspecified atom stereocenters. The van der Waals surface area contributed by atoms with E-state index >= 15 is 0 Å². The fourth-order valence-corrected chi connectivity index (χ4v) is 2.31. The molecule has 6 N–H and O–H groups in total. The molecular weight excluding hydrogens is 300 g/mol. The number of carbonyl (C=O) groups is 2. The fourth-order valence-electron chi connectivity index (χ4n) is 2.31. The highest BCUT2D eigenvalue weighted by atomic mass is 16.3. The van der Waals surface area contributed by atoms with Crippen LogP contribution < -0.4 is 16.4 Å². The molecule has 0 aliphatic heterocycles. The van der Waals surface area contributed by atoms with Gasteiger partial charge in [-0.1, -0.05) is 0 Å². The number of aromatic hydroxyl groups is 2. The Labute approximate surface area is 135 Å². The van der Waals surface area contributed by atoms with Crippen molar-refractivity contribution in [3.8, 4) is 11.8 Å². The lowest BCUT2D eigenvalue weighted by Crippen LogP contribution is -2.39. The van der Waals surface area contributed by atoms with Crippen molar-refractivity contribution in [3.63, 3.8) is 0 Å². The molecule has 0 spiro atoms. The van der Waals surface area contributed by atoms with Gasteiger partial charge in [-0.15, -0.1) is 0 Å². The Morgan fingerprint density at radius 3 is 2.57 bits per heavy atom. The van der Waals surface area contributed by atoms with Gasteiger partial charge in [0.05, 0.1) is 6.04 Å². The van der Waals surface area contributed by atoms with E-state index in [1.807, 2.05) is 0 Å². The van der Waals surface area contributed by atoms with E-state index in [-0.39, 0.29) is 42.6 Å². The van der Waals surface area contributed by atoms with Gasteiger partial charge in [-0.25, -0.2) is 0 Å². The summed E-state index contributed by atoms with van der Waals surface area (Å²) in [6.45, 7) is 2.40. The van der Waals surface area contributed by atoms with Crippen molar-refractivity contribution in [3.05, 3.63) is 11.6 Å². The molecule has 0 saturated carbocycles. The maximum absolute atomic E-state index is 11.7. The van der Waals surface area contributed by atoms with Crippen LogP contribution in [0.15, 0.2) is 6.07 Å². The van der Waals surface area contributed by atoms with Crippen LogP contribution in [-0.4, -0.2) is 46.2 Å². The van der Waals surface area contributed by atoms with E-state index in [1.54, 1.807) is 14.0 Å². The van der Waals surface area contributed by atoms with Crippen LogP contribution in [0.4, 0.5) is 0 Å². The zero-order chi connectivity index (χ0) is 17.4. The third kappa shape index (κ3) is 5.82. The molecular formula is C15H26N4O4. The van der Waals surface area contributed by atoms with Gasteiger partial charge in [-0.05, 0) is 33.2 Å². The summed E-state index contributed by atoms with van der Waals surface area (Å²) < 4.78 is 1.29. The average molecular weight is 326 g/mol. The second-order valence-electron chi connectivity index (χ2n) is 5.50. The number of primary amides is 1. The molecule has 0 aliphatic rings. The van der Waals surface area contributed by atoms with Crippen molar-refractivity contribution < 1.29 is 19.8 Å². The predicted molar refractivity (Wildman–Crippen MR) is 86.0 cm³/mol. The molecule has 130 valence electrons. The summed E-state index contributed by atoms with van der Waals surface area (Å²) in [6, 6.07) is 1.11. The van der Waals surface area contributed by atoms with Crippen LogP contribution in [0.2, 0.25) is 0 Å². The maximum Gasteiger partial charge on any atom is 0.234 e. The van der Waals surface area contributed by atoms with Crippen LogP contribution in [0, 0.1) is 6.92 Å². The van der Waals surface area contributed by atoms with Gasteiger partial charge in [0.2, 0.25) is 11.8 Å². The number of nitrogens with one attached hydrogen (secondary N) is 2. The molecule has 0 aliphatic carbocycles. The minimum Gasteiger partial charge on any atom is -0.494 e. The van der Waals surface area contributed by atoms with Gasteiger partial charge < -0.3 is 26.6 Å². The number of carbonyl (C=O) groups excluding carboxylic acids is 2. The first-order valence-corrected chi connectivity index (χ1v) is 7.68. The molecule has 8 heteroatoms. The normalized spacial score (nSPS) is 12.1. The van der Waals surface area contributed by atoms with Crippen LogP contribution in [0.25, 0.3) is 0 Å². The third-order valence-electron chi connectivity index (χ3n) is 3.73. The molecule has 0 aromatic carbocycles. The highest BCUT2D eigenvalue weighted by Crippen LogP contribution is 2.26. The van der Waals surface area contributed by atoms with Gasteiger partial charge in [0.15, 0.2) is 11.8 Å². The molecule has 1 heterocycles. The smallest absolute Gasteiger partial charge is 0.234 e. The number of likely N-dealkylation sites (N-methyl/N-ethyl adjacent to an activating group) is 1. The molecule has 8 nitrogen and oxygen atoms in total. The number of amides is 2. The predicted octanol–water partition coefficient (Wildman–Crippen LogP) is -0.0424. The third-order valence-corrected chi connectivity index (χ3v) is 3.73. The molecule has 1 atom stereocenters. The van der Waals surface area contributed by atoms with Crippen LogP contribution in [0.3, 0.4) is 0 Å². The summed E-state index contributed by atoms with van der Waals surface area (Å²) in [7, 11) is 1.69. The van der Waals surface area contributed by atoms with E-state index in [0.717, 1.165) is 12.8 Å². The fraction of sp³-hybridized carbons (Fsp3) is 0.600. The first-order chi connectivity index (χ1) is 10.9. The first kappa shape index (κ1) is 18.8. The number of nitrogens with zero attached hydrogens (tertiary/aromatic N) is 1. The first-order valence-electron chi connectivity index (χ1n) is 7.68. The second-order valence-corrected chi connectivity index (χ2v) is 5.50. The monoisotopic (exact) mass is 326 g/mol. The Kier molecular flexibility index (Phi) is 7.40. The largest absolute Gasteiger partial charge is 0.494 e. The number of hydrogen-bond acceptors (Lipinski definition) is 5. The Balaban J connectivity index is 2.21. The number of aryl methyl sites for hydroxylation is 1. The quantitative estimate of drug-likeness (QED) is 0.385. The average Bonchev–Trinajstić information content (AvgIpc) is 2.73. The Morgan fingerprint density at radius 1 is 1.35 bits per heavy atom. The van der Waals surface area contributed by atoms with Gasteiger partial charge in [0.25, 0.3) is 0 Å². The van der Waals surface area contributed by atoms with Crippen LogP contribution in [-0.2, 0) is 16.1 Å². The number of unbranched alkanes of at least 4 members (excludes halogenated alkanes) is 1. The Bertz CT molecular complexity index is 542. The zero-order valence-electron chi connectivity index (χ0n) is 13.6. The summed E-state index contributed by atoms with van der Waals surface area (Å²) in [5.74, 6) is -0.620. The highest BCUT2D eigenvalue weighted by molar-refractivity contribution is 5.79. The standard InChI is InChI=1S/C15H26N4O4/c1-10-9-13(21)19(15(10)23)8-6-12(20)18-7-4-3-5-11(17-2)14(16)22/h9,11,17,21,23H,3-8H2,1-2H3,(H2,16,22)(H,18,20). The number of nitrogens with two attached hydrogens (primary N) is 1. The topological polar surface area (TPSA) is 130 Å². The van der Waals surface area contributed by atoms with Crippen molar-refractivity contribution in [1.82, 2.24) is 15.2 Å². The second kappa shape index (κ2) is 9.04. The maximum atomic E-state index is 11.7. The van der Waals surface area contributed by atoms with E-state index in [0.29, 0.717) is 18.5 Å². The van der Waals surface area contributed by atoms with E-state index in [4.69, 9.17) is 5.73 Å². The Morgan fingerprint density at radius 2 is 2.04 bits per heavy atom. The molecule has 0 radical (unpaired) electrons. The molecule has 1 rings (SSSR count). The van der Waals surface area contributed by atoms with E-state index in [2.05, 4.69) is 10.6 Å². The van der Waals surface area contributed by atoms with E-state index in [1.165, 1.54) is 10.6 Å². The SMILES string of the molecule is CNC(CCCCNC(=O)CCn1c(O)cc(C)c1O)C(N)=O. The lowest BCUT2D eigenvalue weighted by atomic mass is 10.1. The molecule has 1 aromatic rings. The number of hydrogen-bond donors (Lipinski definition) is 5. The van der Waals surface area contributed by atoms with Crippen LogP contribution >= 0.6 is 0 Å². The van der Waals surface area contributed by atoms with Crippen LogP contribution in [0.5, 0.6) is 11.8 Å². The minimum absolute atomic E-state index is 0.0279. The van der Waals surface area contributed by atoms with Crippen molar-refractivity contribution in [2.24, 2.45) is 5.73 Å². The van der Waals surface area contributed by atoms with E-state index in [9.17, 15) is 19.8 Å². The lowest BCUT2D eigenvalue weighted by molar-refractivity contribution is -0.121. The van der Waals surface area contributed by atoms with Gasteiger partial charge in [0.1, 0.15) is 0 Å². The van der Waals surface area contributed by atoms with Gasteiger partial charge in [-0.2, -0.15) is 0 Å². The highest BCUT2D eigenvalue weighted by Gasteiger charge is 2.13. The molecule has 1 aromatic heterocycles. The molecule has 0 fully saturated rings. The van der Waals surface area contributed by atoms with Crippen molar-refractivity contribution >= 4 is 11.8 Å². The van der Waals surface area contributed by atoms with Crippen molar-refractivity contribution in [1.29, 1.82) is 0 Å². The van der Waals surface area contributed by atoms with Crippen LogP contribution in [0.1, 0.15) is 31.2 Å². The van der Waals surface area contributed by atoms with E-state index < -0.39 is 0 Å². The lowest BCUT2D eigenvalue weighted by Gasteiger charge is -2.12. The minimum atomic E-state index is -0.377. The van der Waals surface area contributed by atoms with Crippen molar-refractivity contribution in [2.45, 2.75) is 45.2 Å². The van der Waals surface area contributed by atoms with Gasteiger partial charge >= 0.3 is 0 Å². The summed E-state index contributed by atoms with van der Waals surface area (Å²) in [5, 5.41) is 25.0.